The van der Waals surface area contributed by atoms with Gasteiger partial charge in [-0.3, -0.25) is 9.69 Å². The maximum Gasteiger partial charge on any atom is 0.235 e. The second kappa shape index (κ2) is 9.79. The Hall–Kier alpha value is -2.49. The van der Waals surface area contributed by atoms with Crippen molar-refractivity contribution in [2.75, 3.05) is 49.9 Å². The molecular weight excluding hydrogens is 456 g/mol. The van der Waals surface area contributed by atoms with E-state index in [4.69, 9.17) is 4.98 Å². The van der Waals surface area contributed by atoms with Gasteiger partial charge in [0, 0.05) is 39.3 Å². The van der Waals surface area contributed by atoms with Crippen molar-refractivity contribution in [2.45, 2.75) is 25.7 Å². The van der Waals surface area contributed by atoms with Crippen LogP contribution in [0.25, 0.3) is 10.2 Å². The monoisotopic (exact) mass is 486 g/mol. The molecule has 1 saturated heterocycles. The van der Waals surface area contributed by atoms with Crippen LogP contribution in [0.3, 0.4) is 0 Å². The maximum atomic E-state index is 12.4. The highest BCUT2D eigenvalue weighted by atomic mass is 32.2. The summed E-state index contributed by atoms with van der Waals surface area (Å²) in [5, 5.41) is 3.82. The first-order valence-corrected chi connectivity index (χ1v) is 13.6. The molecule has 4 rings (SSSR count). The Morgan fingerprint density at radius 1 is 1.00 bits per heavy atom. The molecule has 1 N–H and O–H groups in total. The molecule has 9 heteroatoms. The number of aromatic nitrogens is 1. The number of carbonyl (C=O) groups is 1. The highest BCUT2D eigenvalue weighted by Gasteiger charge is 2.22. The molecule has 0 unspecified atom stereocenters. The molecule has 0 saturated carbocycles. The molecule has 0 bridgehead atoms. The van der Waals surface area contributed by atoms with Gasteiger partial charge in [-0.1, -0.05) is 41.2 Å². The molecule has 1 fully saturated rings. The summed E-state index contributed by atoms with van der Waals surface area (Å²) >= 11 is 1.75. The fraction of sp³-hybridized carbons (Fsp3) is 0.417. The smallest absolute Gasteiger partial charge is 0.235 e. The zero-order valence-electron chi connectivity index (χ0n) is 19.3. The summed E-state index contributed by atoms with van der Waals surface area (Å²) in [6.07, 6.45) is 0. The van der Waals surface area contributed by atoms with Gasteiger partial charge in [0.1, 0.15) is 5.75 Å². The summed E-state index contributed by atoms with van der Waals surface area (Å²) < 4.78 is 26.1. The predicted octanol–water partition coefficient (Wildman–Crippen LogP) is 2.93. The molecule has 2 aromatic carbocycles. The van der Waals surface area contributed by atoms with Gasteiger partial charge in [0.15, 0.2) is 15.0 Å². The number of piperazine rings is 1. The normalized spacial score (nSPS) is 15.2. The Labute approximate surface area is 199 Å². The largest absolute Gasteiger partial charge is 0.354 e. The van der Waals surface area contributed by atoms with Crippen LogP contribution in [0.5, 0.6) is 0 Å². The van der Waals surface area contributed by atoms with Crippen LogP contribution in [0.15, 0.2) is 41.3 Å². The van der Waals surface area contributed by atoms with E-state index in [0.29, 0.717) is 13.1 Å². The first-order valence-electron chi connectivity index (χ1n) is 11.1. The molecule has 0 spiro atoms. The summed E-state index contributed by atoms with van der Waals surface area (Å²) in [6, 6.07) is 10.8. The topological polar surface area (TPSA) is 82.6 Å². The van der Waals surface area contributed by atoms with E-state index in [2.05, 4.69) is 41.1 Å². The Morgan fingerprint density at radius 2 is 1.67 bits per heavy atom. The van der Waals surface area contributed by atoms with Crippen molar-refractivity contribution in [3.05, 3.63) is 53.1 Å². The summed E-state index contributed by atoms with van der Waals surface area (Å²) in [5.41, 5.74) is 4.54. The molecule has 0 radical (unpaired) electrons. The van der Waals surface area contributed by atoms with Gasteiger partial charge < -0.3 is 10.2 Å². The van der Waals surface area contributed by atoms with E-state index in [1.165, 1.54) is 15.8 Å². The van der Waals surface area contributed by atoms with Gasteiger partial charge in [0.2, 0.25) is 5.91 Å². The summed E-state index contributed by atoms with van der Waals surface area (Å²) in [6.45, 7) is 10.8. The van der Waals surface area contributed by atoms with Gasteiger partial charge in [-0.15, -0.1) is 0 Å². The summed E-state index contributed by atoms with van der Waals surface area (Å²) in [4.78, 5) is 21.9. The number of hydrogen-bond donors (Lipinski definition) is 1. The number of aryl methyl sites for hydroxylation is 3. The molecule has 176 valence electrons. The highest BCUT2D eigenvalue weighted by Crippen LogP contribution is 2.33. The first-order chi connectivity index (χ1) is 15.7. The predicted molar refractivity (Wildman–Crippen MR) is 134 cm³/mol. The minimum absolute atomic E-state index is 0.180. The van der Waals surface area contributed by atoms with Gasteiger partial charge in [0.05, 0.1) is 15.1 Å². The number of hydrogen-bond acceptors (Lipinski definition) is 7. The zero-order chi connectivity index (χ0) is 23.6. The van der Waals surface area contributed by atoms with Gasteiger partial charge in [-0.25, -0.2) is 13.4 Å². The highest BCUT2D eigenvalue weighted by molar-refractivity contribution is 7.92. The number of benzene rings is 2. The van der Waals surface area contributed by atoms with E-state index in [9.17, 15) is 13.2 Å². The Balaban J connectivity index is 1.24. The van der Waals surface area contributed by atoms with E-state index in [1.54, 1.807) is 35.6 Å². The third-order valence-corrected chi connectivity index (χ3v) is 8.91. The quantitative estimate of drug-likeness (QED) is 0.553. The van der Waals surface area contributed by atoms with Crippen LogP contribution in [-0.4, -0.2) is 69.2 Å². The third kappa shape index (κ3) is 5.54. The van der Waals surface area contributed by atoms with Gasteiger partial charge in [0.25, 0.3) is 0 Å². The molecule has 2 heterocycles. The van der Waals surface area contributed by atoms with Crippen LogP contribution in [0.1, 0.15) is 16.7 Å². The number of sulfone groups is 1. The standard InChI is InChI=1S/C24H30N4O3S2/c1-17-4-8-20(9-5-17)33(30,31)16-21(29)25-10-11-27-12-14-28(15-13-27)24-26-22-18(2)6-7-19(3)23(22)32-24/h4-9H,10-16H2,1-3H3,(H,25,29). The number of anilines is 1. The van der Waals surface area contributed by atoms with Crippen LogP contribution in [0.2, 0.25) is 0 Å². The Kier molecular flexibility index (Phi) is 7.02. The fourth-order valence-electron chi connectivity index (χ4n) is 3.95. The van der Waals surface area contributed by atoms with Gasteiger partial charge in [-0.05, 0) is 44.0 Å². The molecule has 1 aliphatic rings. The maximum absolute atomic E-state index is 12.4. The van der Waals surface area contributed by atoms with Crippen molar-refractivity contribution in [3.63, 3.8) is 0 Å². The minimum atomic E-state index is -3.63. The molecule has 0 atom stereocenters. The lowest BCUT2D eigenvalue weighted by molar-refractivity contribution is -0.118. The molecule has 33 heavy (non-hydrogen) atoms. The lowest BCUT2D eigenvalue weighted by Crippen LogP contribution is -2.48. The van der Waals surface area contributed by atoms with Crippen molar-refractivity contribution >= 4 is 42.4 Å². The number of rotatable bonds is 7. The molecule has 3 aromatic rings. The zero-order valence-corrected chi connectivity index (χ0v) is 20.9. The number of thiazole rings is 1. The Bertz CT molecular complexity index is 1210. The van der Waals surface area contributed by atoms with Crippen LogP contribution >= 0.6 is 11.3 Å². The molecule has 1 aromatic heterocycles. The number of fused-ring (bicyclic) bond motifs is 1. The van der Waals surface area contributed by atoms with E-state index >= 15 is 0 Å². The van der Waals surface area contributed by atoms with Crippen molar-refractivity contribution in [3.8, 4) is 0 Å². The molecular formula is C24H30N4O3S2. The van der Waals surface area contributed by atoms with E-state index in [-0.39, 0.29) is 4.90 Å². The lowest BCUT2D eigenvalue weighted by Gasteiger charge is -2.34. The summed E-state index contributed by atoms with van der Waals surface area (Å²) in [5.74, 6) is -0.991. The van der Waals surface area contributed by atoms with Crippen LogP contribution < -0.4 is 10.2 Å². The van der Waals surface area contributed by atoms with E-state index in [1.807, 2.05) is 6.92 Å². The van der Waals surface area contributed by atoms with Crippen molar-refractivity contribution in [1.29, 1.82) is 0 Å². The second-order valence-corrected chi connectivity index (χ2v) is 11.6. The lowest BCUT2D eigenvalue weighted by atomic mass is 10.1. The van der Waals surface area contributed by atoms with Gasteiger partial charge >= 0.3 is 0 Å². The number of nitrogens with zero attached hydrogens (tertiary/aromatic N) is 3. The number of nitrogens with one attached hydrogen (secondary N) is 1. The molecule has 7 nitrogen and oxygen atoms in total. The van der Waals surface area contributed by atoms with E-state index < -0.39 is 21.5 Å². The second-order valence-electron chi connectivity index (χ2n) is 8.62. The van der Waals surface area contributed by atoms with Crippen LogP contribution in [-0.2, 0) is 14.6 Å². The third-order valence-electron chi connectivity index (χ3n) is 6.03. The van der Waals surface area contributed by atoms with Crippen molar-refractivity contribution < 1.29 is 13.2 Å². The molecule has 0 aliphatic carbocycles. The van der Waals surface area contributed by atoms with Crippen molar-refractivity contribution in [2.24, 2.45) is 0 Å². The molecule has 1 amide bonds. The Morgan fingerprint density at radius 3 is 2.33 bits per heavy atom. The fourth-order valence-corrected chi connectivity index (χ4v) is 6.28. The minimum Gasteiger partial charge on any atom is -0.354 e. The van der Waals surface area contributed by atoms with E-state index in [0.717, 1.165) is 42.4 Å². The van der Waals surface area contributed by atoms with Crippen LogP contribution in [0, 0.1) is 20.8 Å². The average molecular weight is 487 g/mol. The number of carbonyl (C=O) groups excluding carboxylic acids is 1. The SMILES string of the molecule is Cc1ccc(S(=O)(=O)CC(=O)NCCN2CCN(c3nc4c(C)ccc(C)c4s3)CC2)cc1. The first kappa shape index (κ1) is 23.7. The number of amides is 1. The summed E-state index contributed by atoms with van der Waals surface area (Å²) in [7, 11) is -3.63. The average Bonchev–Trinajstić information content (AvgIpc) is 3.24. The van der Waals surface area contributed by atoms with Crippen molar-refractivity contribution in [1.82, 2.24) is 15.2 Å². The van der Waals surface area contributed by atoms with Crippen LogP contribution in [0.4, 0.5) is 5.13 Å². The molecule has 1 aliphatic heterocycles. The van der Waals surface area contributed by atoms with Gasteiger partial charge in [-0.2, -0.15) is 0 Å².